The SMILES string of the molecule is Cc1cc(/C=C(/C#N)c2cccc([N+](=O)[O-])c2)c(C)n1-c1ccccc1Br. The molecule has 0 fully saturated rings. The first-order valence-electron chi connectivity index (χ1n) is 8.23. The minimum atomic E-state index is -0.461. The molecule has 0 atom stereocenters. The zero-order valence-corrected chi connectivity index (χ0v) is 16.4. The summed E-state index contributed by atoms with van der Waals surface area (Å²) in [7, 11) is 0. The Balaban J connectivity index is 2.11. The lowest BCUT2D eigenvalue weighted by Crippen LogP contribution is -1.99. The van der Waals surface area contributed by atoms with Gasteiger partial charge >= 0.3 is 0 Å². The standard InChI is InChI=1S/C21H16BrN3O2/c1-14-10-17(15(2)24(14)21-9-4-3-8-20(21)22)11-18(13-23)16-6-5-7-19(12-16)25(26)27/h3-12H,1-2H3/b18-11-. The van der Waals surface area contributed by atoms with Crippen molar-refractivity contribution in [2.75, 3.05) is 0 Å². The lowest BCUT2D eigenvalue weighted by molar-refractivity contribution is -0.384. The summed E-state index contributed by atoms with van der Waals surface area (Å²) in [6.07, 6.45) is 1.77. The highest BCUT2D eigenvalue weighted by Crippen LogP contribution is 2.29. The molecule has 5 nitrogen and oxygen atoms in total. The highest BCUT2D eigenvalue weighted by atomic mass is 79.9. The van der Waals surface area contributed by atoms with Gasteiger partial charge in [-0.05, 0) is 65.2 Å². The van der Waals surface area contributed by atoms with E-state index in [9.17, 15) is 15.4 Å². The van der Waals surface area contributed by atoms with E-state index in [0.717, 1.165) is 27.1 Å². The highest BCUT2D eigenvalue weighted by molar-refractivity contribution is 9.10. The molecule has 27 heavy (non-hydrogen) atoms. The second kappa shape index (κ2) is 7.60. The summed E-state index contributed by atoms with van der Waals surface area (Å²) in [4.78, 5) is 10.5. The number of para-hydroxylation sites is 1. The van der Waals surface area contributed by atoms with Crippen LogP contribution in [-0.4, -0.2) is 9.49 Å². The second-order valence-electron chi connectivity index (χ2n) is 6.09. The minimum Gasteiger partial charge on any atom is -0.317 e. The number of aryl methyl sites for hydroxylation is 1. The number of nitriles is 1. The van der Waals surface area contributed by atoms with Crippen LogP contribution in [0.15, 0.2) is 59.1 Å². The largest absolute Gasteiger partial charge is 0.317 e. The third-order valence-corrected chi connectivity index (χ3v) is 5.02. The quantitative estimate of drug-likeness (QED) is 0.302. The van der Waals surface area contributed by atoms with Gasteiger partial charge in [0.15, 0.2) is 0 Å². The molecule has 1 heterocycles. The molecule has 134 valence electrons. The van der Waals surface area contributed by atoms with Crippen molar-refractivity contribution in [3.63, 3.8) is 0 Å². The number of hydrogen-bond acceptors (Lipinski definition) is 3. The van der Waals surface area contributed by atoms with Crippen LogP contribution in [0.4, 0.5) is 5.69 Å². The smallest absolute Gasteiger partial charge is 0.270 e. The molecule has 0 aliphatic carbocycles. The van der Waals surface area contributed by atoms with Crippen molar-refractivity contribution in [3.8, 4) is 11.8 Å². The van der Waals surface area contributed by atoms with E-state index in [0.29, 0.717) is 11.1 Å². The summed E-state index contributed by atoms with van der Waals surface area (Å²) >= 11 is 3.58. The van der Waals surface area contributed by atoms with Crippen LogP contribution in [0.3, 0.4) is 0 Å². The predicted molar refractivity (Wildman–Crippen MR) is 110 cm³/mol. The van der Waals surface area contributed by atoms with E-state index in [4.69, 9.17) is 0 Å². The van der Waals surface area contributed by atoms with Crippen LogP contribution in [0.5, 0.6) is 0 Å². The van der Waals surface area contributed by atoms with Gasteiger partial charge in [-0.25, -0.2) is 0 Å². The maximum Gasteiger partial charge on any atom is 0.270 e. The van der Waals surface area contributed by atoms with Gasteiger partial charge < -0.3 is 4.57 Å². The molecule has 3 rings (SSSR count). The number of aromatic nitrogens is 1. The number of non-ortho nitro benzene ring substituents is 1. The van der Waals surface area contributed by atoms with Gasteiger partial charge in [0.1, 0.15) is 0 Å². The Morgan fingerprint density at radius 3 is 2.59 bits per heavy atom. The summed E-state index contributed by atoms with van der Waals surface area (Å²) < 4.78 is 3.08. The van der Waals surface area contributed by atoms with Gasteiger partial charge in [0.2, 0.25) is 0 Å². The van der Waals surface area contributed by atoms with Crippen LogP contribution in [0, 0.1) is 35.3 Å². The molecule has 0 aliphatic heterocycles. The first kappa shape index (κ1) is 18.6. The Hall–Kier alpha value is -3.17. The van der Waals surface area contributed by atoms with Gasteiger partial charge in [-0.15, -0.1) is 0 Å². The van der Waals surface area contributed by atoms with Crippen molar-refractivity contribution >= 4 is 33.3 Å². The van der Waals surface area contributed by atoms with Gasteiger partial charge in [0.05, 0.1) is 22.3 Å². The van der Waals surface area contributed by atoms with Gasteiger partial charge in [0, 0.05) is 28.0 Å². The highest BCUT2D eigenvalue weighted by Gasteiger charge is 2.14. The fourth-order valence-corrected chi connectivity index (χ4v) is 3.52. The Morgan fingerprint density at radius 1 is 1.19 bits per heavy atom. The molecule has 0 N–H and O–H groups in total. The molecular weight excluding hydrogens is 406 g/mol. The molecule has 2 aromatic carbocycles. The Bertz CT molecular complexity index is 1110. The number of halogens is 1. The molecule has 1 aromatic heterocycles. The molecule has 0 bridgehead atoms. The van der Waals surface area contributed by atoms with E-state index in [-0.39, 0.29) is 5.69 Å². The molecule has 0 saturated heterocycles. The number of benzene rings is 2. The van der Waals surface area contributed by atoms with Crippen LogP contribution in [-0.2, 0) is 0 Å². The molecular formula is C21H16BrN3O2. The van der Waals surface area contributed by atoms with Crippen LogP contribution >= 0.6 is 15.9 Å². The van der Waals surface area contributed by atoms with E-state index in [1.807, 2.05) is 44.2 Å². The summed E-state index contributed by atoms with van der Waals surface area (Å²) in [5.41, 5.74) is 4.79. The molecule has 0 spiro atoms. The summed E-state index contributed by atoms with van der Waals surface area (Å²) in [5, 5.41) is 20.6. The normalized spacial score (nSPS) is 11.3. The van der Waals surface area contributed by atoms with Crippen molar-refractivity contribution in [1.29, 1.82) is 5.26 Å². The van der Waals surface area contributed by atoms with E-state index in [1.165, 1.54) is 12.1 Å². The van der Waals surface area contributed by atoms with Crippen molar-refractivity contribution in [2.24, 2.45) is 0 Å². The first-order chi connectivity index (χ1) is 12.9. The molecule has 0 radical (unpaired) electrons. The third-order valence-electron chi connectivity index (χ3n) is 4.35. The zero-order valence-electron chi connectivity index (χ0n) is 14.8. The van der Waals surface area contributed by atoms with Crippen molar-refractivity contribution in [1.82, 2.24) is 4.57 Å². The van der Waals surface area contributed by atoms with Crippen LogP contribution in [0.25, 0.3) is 17.3 Å². The molecule has 0 saturated carbocycles. The lowest BCUT2D eigenvalue weighted by atomic mass is 10.0. The summed E-state index contributed by atoms with van der Waals surface area (Å²) in [6.45, 7) is 3.99. The van der Waals surface area contributed by atoms with Crippen molar-refractivity contribution < 1.29 is 4.92 Å². The number of hydrogen-bond donors (Lipinski definition) is 0. The van der Waals surface area contributed by atoms with E-state index >= 15 is 0 Å². The topological polar surface area (TPSA) is 71.9 Å². The molecule has 0 amide bonds. The monoisotopic (exact) mass is 421 g/mol. The van der Waals surface area contributed by atoms with Crippen molar-refractivity contribution in [3.05, 3.63) is 91.7 Å². The molecule has 0 unspecified atom stereocenters. The average Bonchev–Trinajstić information content (AvgIpc) is 2.93. The second-order valence-corrected chi connectivity index (χ2v) is 6.94. The number of nitro groups is 1. The van der Waals surface area contributed by atoms with Crippen LogP contribution in [0.1, 0.15) is 22.5 Å². The fraction of sp³-hybridized carbons (Fsp3) is 0.0952. The zero-order chi connectivity index (χ0) is 19.6. The van der Waals surface area contributed by atoms with E-state index < -0.39 is 4.92 Å². The van der Waals surface area contributed by atoms with E-state index in [2.05, 4.69) is 26.6 Å². The van der Waals surface area contributed by atoms with Gasteiger partial charge in [-0.2, -0.15) is 5.26 Å². The van der Waals surface area contributed by atoms with Crippen LogP contribution < -0.4 is 0 Å². The fourth-order valence-electron chi connectivity index (χ4n) is 3.06. The summed E-state index contributed by atoms with van der Waals surface area (Å²) in [5.74, 6) is 0. The van der Waals surface area contributed by atoms with E-state index in [1.54, 1.807) is 18.2 Å². The molecule has 0 aliphatic rings. The third kappa shape index (κ3) is 3.69. The number of rotatable bonds is 4. The maximum absolute atomic E-state index is 11.0. The maximum atomic E-state index is 11.0. The number of allylic oxidation sites excluding steroid dienone is 1. The molecule has 3 aromatic rings. The van der Waals surface area contributed by atoms with Gasteiger partial charge in [0.25, 0.3) is 5.69 Å². The Kier molecular flexibility index (Phi) is 5.24. The average molecular weight is 422 g/mol. The predicted octanol–water partition coefficient (Wildman–Crippen LogP) is 5.83. The first-order valence-corrected chi connectivity index (χ1v) is 9.02. The summed E-state index contributed by atoms with van der Waals surface area (Å²) in [6, 6.07) is 18.2. The number of nitrogens with zero attached hydrogens (tertiary/aromatic N) is 3. The van der Waals surface area contributed by atoms with Crippen molar-refractivity contribution in [2.45, 2.75) is 13.8 Å². The van der Waals surface area contributed by atoms with Gasteiger partial charge in [-0.3, -0.25) is 10.1 Å². The van der Waals surface area contributed by atoms with Crippen LogP contribution in [0.2, 0.25) is 0 Å². The minimum absolute atomic E-state index is 0.0349. The Morgan fingerprint density at radius 2 is 1.93 bits per heavy atom. The van der Waals surface area contributed by atoms with Gasteiger partial charge in [-0.1, -0.05) is 24.3 Å². The number of nitro benzene ring substituents is 1. The lowest BCUT2D eigenvalue weighted by Gasteiger charge is -2.11. The Labute approximate surface area is 165 Å². The molecule has 6 heteroatoms.